The minimum atomic E-state index is -1.18. The van der Waals surface area contributed by atoms with Crippen LogP contribution in [-0.2, 0) is 4.79 Å². The first-order valence-corrected chi connectivity index (χ1v) is 10.2. The molecule has 0 bridgehead atoms. The highest BCUT2D eigenvalue weighted by atomic mass is 35.5. The van der Waals surface area contributed by atoms with E-state index in [1.165, 1.54) is 26.0 Å². The molecule has 0 aromatic carbocycles. The number of allylic oxidation sites excluding steroid dienone is 1. The van der Waals surface area contributed by atoms with Crippen LogP contribution in [0.4, 0.5) is 0 Å². The van der Waals surface area contributed by atoms with E-state index in [-0.39, 0.29) is 10.7 Å². The number of hydrogen-bond donors (Lipinski definition) is 1. The highest BCUT2D eigenvalue weighted by Gasteiger charge is 2.56. The number of carbonyl (C=O) groups is 1. The van der Waals surface area contributed by atoms with Gasteiger partial charge in [-0.05, 0) is 18.3 Å². The van der Waals surface area contributed by atoms with Crippen LogP contribution in [0.3, 0.4) is 0 Å². The van der Waals surface area contributed by atoms with E-state index in [2.05, 4.69) is 23.8 Å². The van der Waals surface area contributed by atoms with Crippen LogP contribution < -0.4 is 9.47 Å². The number of carboxylic acids is 1. The molecule has 0 spiro atoms. The smallest absolute Gasteiger partial charge is 0.316 e. The lowest BCUT2D eigenvalue weighted by Crippen LogP contribution is -2.50. The average molecular weight is 415 g/mol. The van der Waals surface area contributed by atoms with Gasteiger partial charge in [-0.3, -0.25) is 4.79 Å². The summed E-state index contributed by atoms with van der Waals surface area (Å²) in [4.78, 5) is 21.3. The van der Waals surface area contributed by atoms with Crippen molar-refractivity contribution in [3.8, 4) is 11.8 Å². The monoisotopic (exact) mass is 414 g/mol. The topological polar surface area (TPSA) is 81.5 Å². The number of thioether (sulfide) groups is 1. The van der Waals surface area contributed by atoms with E-state index in [1.54, 1.807) is 6.07 Å². The predicted octanol–water partition coefficient (Wildman–Crippen LogP) is 4.77. The van der Waals surface area contributed by atoms with Crippen LogP contribution in [0.5, 0.6) is 11.8 Å². The van der Waals surface area contributed by atoms with Crippen LogP contribution in [0.25, 0.3) is 0 Å². The van der Waals surface area contributed by atoms with E-state index in [0.717, 1.165) is 12.8 Å². The SMILES string of the molecule is CCCCC1(C(=O)O)C(Cl)=CCC(C)(C)C1Sc1nc(OC)cc(OC)n1. The summed E-state index contributed by atoms with van der Waals surface area (Å²) in [6.07, 6.45) is 4.67. The normalized spacial score (nSPS) is 24.2. The van der Waals surface area contributed by atoms with Crippen molar-refractivity contribution in [2.75, 3.05) is 14.2 Å². The van der Waals surface area contributed by atoms with E-state index >= 15 is 0 Å². The zero-order valence-electron chi connectivity index (χ0n) is 16.4. The van der Waals surface area contributed by atoms with E-state index in [0.29, 0.717) is 34.8 Å². The Morgan fingerprint density at radius 2 is 1.93 bits per heavy atom. The van der Waals surface area contributed by atoms with Gasteiger partial charge in [0.1, 0.15) is 5.41 Å². The third-order valence-corrected chi connectivity index (χ3v) is 7.16. The zero-order chi connectivity index (χ0) is 20.2. The number of aromatic nitrogens is 2. The third kappa shape index (κ3) is 4.35. The van der Waals surface area contributed by atoms with Crippen LogP contribution in [0.15, 0.2) is 22.3 Å². The number of aliphatic carboxylic acids is 1. The Morgan fingerprint density at radius 3 is 2.41 bits per heavy atom. The summed E-state index contributed by atoms with van der Waals surface area (Å²) >= 11 is 7.88. The molecule has 6 nitrogen and oxygen atoms in total. The van der Waals surface area contributed by atoms with Crippen molar-refractivity contribution in [2.45, 2.75) is 56.9 Å². The van der Waals surface area contributed by atoms with Gasteiger partial charge in [-0.1, -0.05) is 63.1 Å². The molecular weight excluding hydrogens is 388 g/mol. The second-order valence-corrected chi connectivity index (χ2v) is 8.84. The maximum atomic E-state index is 12.5. The van der Waals surface area contributed by atoms with Crippen LogP contribution in [0, 0.1) is 10.8 Å². The average Bonchev–Trinajstić information content (AvgIpc) is 2.64. The number of rotatable bonds is 8. The van der Waals surface area contributed by atoms with Crippen molar-refractivity contribution in [3.63, 3.8) is 0 Å². The molecule has 0 saturated carbocycles. The van der Waals surface area contributed by atoms with Crippen molar-refractivity contribution >= 4 is 29.3 Å². The molecule has 1 heterocycles. The number of halogens is 1. The molecule has 2 rings (SSSR count). The molecule has 27 heavy (non-hydrogen) atoms. The molecule has 0 fully saturated rings. The molecule has 0 saturated heterocycles. The minimum Gasteiger partial charge on any atom is -0.481 e. The molecule has 150 valence electrons. The highest BCUT2D eigenvalue weighted by molar-refractivity contribution is 7.99. The van der Waals surface area contributed by atoms with Gasteiger partial charge in [0.2, 0.25) is 11.8 Å². The van der Waals surface area contributed by atoms with Crippen molar-refractivity contribution < 1.29 is 19.4 Å². The Bertz CT molecular complexity index is 703. The van der Waals surface area contributed by atoms with Crippen molar-refractivity contribution in [1.29, 1.82) is 0 Å². The molecular formula is C19H27ClN2O4S. The fourth-order valence-corrected chi connectivity index (χ4v) is 5.36. The number of carboxylic acid groups (broad SMARTS) is 1. The first-order chi connectivity index (χ1) is 12.7. The van der Waals surface area contributed by atoms with Gasteiger partial charge < -0.3 is 14.6 Å². The molecule has 2 unspecified atom stereocenters. The van der Waals surface area contributed by atoms with Crippen LogP contribution in [-0.4, -0.2) is 40.5 Å². The zero-order valence-corrected chi connectivity index (χ0v) is 18.0. The van der Waals surface area contributed by atoms with Crippen LogP contribution in [0.1, 0.15) is 46.5 Å². The summed E-state index contributed by atoms with van der Waals surface area (Å²) in [6, 6.07) is 1.59. The first kappa shape index (κ1) is 21.8. The van der Waals surface area contributed by atoms with Crippen LogP contribution in [0.2, 0.25) is 0 Å². The summed E-state index contributed by atoms with van der Waals surface area (Å²) in [5.74, 6) is -0.166. The molecule has 1 aliphatic rings. The molecule has 0 amide bonds. The molecule has 1 aliphatic carbocycles. The Kier molecular flexibility index (Phi) is 7.03. The van der Waals surface area contributed by atoms with Crippen LogP contribution >= 0.6 is 23.4 Å². The first-order valence-electron chi connectivity index (χ1n) is 8.94. The van der Waals surface area contributed by atoms with Gasteiger partial charge >= 0.3 is 5.97 Å². The summed E-state index contributed by atoms with van der Waals surface area (Å²) in [5.41, 5.74) is -1.49. The largest absolute Gasteiger partial charge is 0.481 e. The Hall–Kier alpha value is -1.47. The van der Waals surface area contributed by atoms with Gasteiger partial charge in [-0.2, -0.15) is 9.97 Å². The maximum absolute atomic E-state index is 12.5. The number of unbranched alkanes of at least 4 members (excludes halogenated alkanes) is 1. The molecule has 8 heteroatoms. The number of ether oxygens (including phenoxy) is 2. The lowest BCUT2D eigenvalue weighted by atomic mass is 9.64. The van der Waals surface area contributed by atoms with E-state index in [9.17, 15) is 9.90 Å². The Morgan fingerprint density at radius 1 is 1.33 bits per heavy atom. The third-order valence-electron chi connectivity index (χ3n) is 5.00. The second-order valence-electron chi connectivity index (χ2n) is 7.36. The maximum Gasteiger partial charge on any atom is 0.316 e. The summed E-state index contributed by atoms with van der Waals surface area (Å²) in [6.45, 7) is 6.16. The molecule has 0 radical (unpaired) electrons. The standard InChI is InChI=1S/C19H27ClN2O4S/c1-6-7-9-19(16(23)24)12(20)8-10-18(2,3)15(19)27-17-21-13(25-4)11-14(22-17)26-5/h8,11,15H,6-7,9-10H2,1-5H3,(H,23,24). The molecule has 0 aliphatic heterocycles. The number of nitrogens with zero attached hydrogens (tertiary/aromatic N) is 2. The van der Waals surface area contributed by atoms with Gasteiger partial charge in [0.25, 0.3) is 0 Å². The van der Waals surface area contributed by atoms with E-state index < -0.39 is 11.4 Å². The fraction of sp³-hybridized carbons (Fsp3) is 0.632. The van der Waals surface area contributed by atoms with Crippen molar-refractivity contribution in [1.82, 2.24) is 9.97 Å². The highest BCUT2D eigenvalue weighted by Crippen LogP contribution is 2.57. The van der Waals surface area contributed by atoms with E-state index in [4.69, 9.17) is 21.1 Å². The molecule has 1 N–H and O–H groups in total. The van der Waals surface area contributed by atoms with Crippen molar-refractivity contribution in [3.05, 3.63) is 17.2 Å². The lowest BCUT2D eigenvalue weighted by molar-refractivity contribution is -0.148. The predicted molar refractivity (Wildman–Crippen MR) is 107 cm³/mol. The second kappa shape index (κ2) is 8.69. The van der Waals surface area contributed by atoms with Gasteiger partial charge in [-0.25, -0.2) is 0 Å². The lowest BCUT2D eigenvalue weighted by Gasteiger charge is -2.48. The van der Waals surface area contributed by atoms with Gasteiger partial charge in [0.05, 0.1) is 20.3 Å². The van der Waals surface area contributed by atoms with E-state index in [1.807, 2.05) is 13.0 Å². The Labute approximate surface area is 169 Å². The van der Waals surface area contributed by atoms with Crippen molar-refractivity contribution in [2.24, 2.45) is 10.8 Å². The summed E-state index contributed by atoms with van der Waals surface area (Å²) in [5, 5.41) is 10.7. The summed E-state index contributed by atoms with van der Waals surface area (Å²) < 4.78 is 10.5. The molecule has 2 atom stereocenters. The summed E-state index contributed by atoms with van der Waals surface area (Å²) in [7, 11) is 3.03. The minimum absolute atomic E-state index is 0.311. The van der Waals surface area contributed by atoms with Gasteiger partial charge in [-0.15, -0.1) is 0 Å². The molecule has 1 aromatic heterocycles. The number of methoxy groups -OCH3 is 2. The fourth-order valence-electron chi connectivity index (χ4n) is 3.47. The number of hydrogen-bond acceptors (Lipinski definition) is 6. The van der Waals surface area contributed by atoms with Gasteiger partial charge in [0, 0.05) is 10.3 Å². The molecule has 1 aromatic rings. The quantitative estimate of drug-likeness (QED) is 0.613. The Balaban J connectivity index is 2.54. The van der Waals surface area contributed by atoms with Gasteiger partial charge in [0.15, 0.2) is 5.16 Å².